The minimum atomic E-state index is -0.212. The minimum absolute atomic E-state index is 0.212. The average molecular weight is 437 g/mol. The molecule has 4 rings (SSSR count). The number of aromatic nitrogens is 4. The second-order valence-corrected chi connectivity index (χ2v) is 8.08. The fourth-order valence-electron chi connectivity index (χ4n) is 2.98. The molecule has 30 heavy (non-hydrogen) atoms. The van der Waals surface area contributed by atoms with Gasteiger partial charge in [0.2, 0.25) is 4.96 Å². The third-order valence-electron chi connectivity index (χ3n) is 4.64. The molecule has 0 fully saturated rings. The van der Waals surface area contributed by atoms with Crippen LogP contribution in [0, 0.1) is 6.92 Å². The van der Waals surface area contributed by atoms with Crippen LogP contribution in [-0.2, 0) is 13.0 Å². The van der Waals surface area contributed by atoms with Crippen molar-refractivity contribution in [2.45, 2.75) is 26.8 Å². The molecule has 0 unspecified atom stereocenters. The van der Waals surface area contributed by atoms with E-state index >= 15 is 0 Å². The van der Waals surface area contributed by atoms with Gasteiger partial charge in [-0.2, -0.15) is 9.61 Å². The molecule has 0 aliphatic rings. The summed E-state index contributed by atoms with van der Waals surface area (Å²) < 4.78 is 1.80. The molecule has 1 amide bonds. The summed E-state index contributed by atoms with van der Waals surface area (Å²) in [6.45, 7) is 4.44. The maximum Gasteiger partial charge on any atom is 0.257 e. The van der Waals surface area contributed by atoms with Gasteiger partial charge < -0.3 is 5.32 Å². The lowest BCUT2D eigenvalue weighted by atomic mass is 10.1. The minimum Gasteiger partial charge on any atom is -0.358 e. The van der Waals surface area contributed by atoms with E-state index in [1.807, 2.05) is 56.3 Å². The Balaban J connectivity index is 1.36. The Morgan fingerprint density at radius 2 is 1.90 bits per heavy atom. The first-order valence-corrected chi connectivity index (χ1v) is 10.7. The lowest BCUT2D eigenvalue weighted by Gasteiger charge is -2.11. The van der Waals surface area contributed by atoms with E-state index in [0.29, 0.717) is 17.2 Å². The van der Waals surface area contributed by atoms with Crippen LogP contribution >= 0.6 is 23.6 Å². The number of amides is 1. The van der Waals surface area contributed by atoms with E-state index in [9.17, 15) is 4.79 Å². The number of carbonyl (C=O) groups excluding carboxylic acids is 1. The number of nitrogens with one attached hydrogen (secondary N) is 2. The fraction of sp³-hybridized carbons (Fsp3) is 0.190. The molecule has 0 aliphatic heterocycles. The highest BCUT2D eigenvalue weighted by Crippen LogP contribution is 2.25. The van der Waals surface area contributed by atoms with E-state index in [-0.39, 0.29) is 5.91 Å². The number of fused-ring (bicyclic) bond motifs is 1. The van der Waals surface area contributed by atoms with Crippen molar-refractivity contribution in [3.05, 3.63) is 71.0 Å². The molecule has 2 N–H and O–H groups in total. The van der Waals surface area contributed by atoms with Gasteiger partial charge in [-0.05, 0) is 36.3 Å². The zero-order chi connectivity index (χ0) is 21.1. The Morgan fingerprint density at radius 3 is 2.63 bits per heavy atom. The number of thiocarbonyl (C=S) groups is 1. The van der Waals surface area contributed by atoms with Gasteiger partial charge >= 0.3 is 0 Å². The molecule has 0 atom stereocenters. The molecule has 0 saturated heterocycles. The van der Waals surface area contributed by atoms with Crippen LogP contribution in [-0.4, -0.2) is 30.8 Å². The molecule has 9 heteroatoms. The fourth-order valence-corrected chi connectivity index (χ4v) is 4.01. The van der Waals surface area contributed by atoms with E-state index in [4.69, 9.17) is 12.2 Å². The van der Waals surface area contributed by atoms with E-state index in [2.05, 4.69) is 25.9 Å². The predicted molar refractivity (Wildman–Crippen MR) is 122 cm³/mol. The van der Waals surface area contributed by atoms with Crippen molar-refractivity contribution in [1.29, 1.82) is 0 Å². The third kappa shape index (κ3) is 4.22. The molecule has 0 aliphatic carbocycles. The standard InChI is InChI=1S/C21H20N6OS2/c1-3-17-24-25-21-27(17)26-19(30-21)15-10-8-14(9-11-15)12-22-20(29)23-18(28)16-7-5-4-6-13(16)2/h4-11H,3,12H2,1-2H3,(H2,22,23,28,29). The number of hydrogen-bond donors (Lipinski definition) is 2. The first-order valence-electron chi connectivity index (χ1n) is 9.50. The van der Waals surface area contributed by atoms with Crippen LogP contribution in [0.15, 0.2) is 48.5 Å². The van der Waals surface area contributed by atoms with Gasteiger partial charge in [-0.1, -0.05) is 60.7 Å². The number of carbonyl (C=O) groups is 1. The van der Waals surface area contributed by atoms with Gasteiger partial charge in [-0.15, -0.1) is 10.2 Å². The molecule has 0 bridgehead atoms. The second kappa shape index (κ2) is 8.68. The van der Waals surface area contributed by atoms with Crippen molar-refractivity contribution in [2.24, 2.45) is 0 Å². The molecule has 0 spiro atoms. The van der Waals surface area contributed by atoms with Crippen molar-refractivity contribution in [1.82, 2.24) is 30.4 Å². The maximum atomic E-state index is 12.3. The van der Waals surface area contributed by atoms with Crippen LogP contribution in [0.3, 0.4) is 0 Å². The molecule has 152 valence electrons. The smallest absolute Gasteiger partial charge is 0.257 e. The first-order chi connectivity index (χ1) is 14.5. The lowest BCUT2D eigenvalue weighted by Crippen LogP contribution is -2.39. The van der Waals surface area contributed by atoms with Crippen LogP contribution < -0.4 is 10.6 Å². The summed E-state index contributed by atoms with van der Waals surface area (Å²) in [4.78, 5) is 13.1. The van der Waals surface area contributed by atoms with Crippen molar-refractivity contribution in [3.63, 3.8) is 0 Å². The Bertz CT molecular complexity index is 1210. The lowest BCUT2D eigenvalue weighted by molar-refractivity contribution is 0.0976. The third-order valence-corrected chi connectivity index (χ3v) is 5.84. The number of nitrogens with zero attached hydrogens (tertiary/aromatic N) is 4. The van der Waals surface area contributed by atoms with E-state index in [0.717, 1.165) is 38.9 Å². The van der Waals surface area contributed by atoms with E-state index < -0.39 is 0 Å². The number of rotatable bonds is 5. The average Bonchev–Trinajstić information content (AvgIpc) is 3.33. The van der Waals surface area contributed by atoms with Crippen LogP contribution in [0.4, 0.5) is 0 Å². The first kappa shape index (κ1) is 20.1. The highest BCUT2D eigenvalue weighted by Gasteiger charge is 2.12. The SMILES string of the molecule is CCc1nnc2sc(-c3ccc(CNC(=S)NC(=O)c4ccccc4C)cc3)nn12. The molecule has 7 nitrogen and oxygen atoms in total. The Morgan fingerprint density at radius 1 is 1.13 bits per heavy atom. The maximum absolute atomic E-state index is 12.3. The van der Waals surface area contributed by atoms with Gasteiger partial charge in [0.05, 0.1) is 0 Å². The summed E-state index contributed by atoms with van der Waals surface area (Å²) in [6.07, 6.45) is 0.787. The molecular weight excluding hydrogens is 416 g/mol. The Labute approximate surface area is 183 Å². The van der Waals surface area contributed by atoms with Gasteiger partial charge in [0.1, 0.15) is 5.01 Å². The van der Waals surface area contributed by atoms with Crippen LogP contribution in [0.2, 0.25) is 0 Å². The largest absolute Gasteiger partial charge is 0.358 e. The molecule has 2 heterocycles. The van der Waals surface area contributed by atoms with Crippen molar-refractivity contribution >= 4 is 39.5 Å². The van der Waals surface area contributed by atoms with Gasteiger partial charge in [0.15, 0.2) is 10.9 Å². The summed E-state index contributed by atoms with van der Waals surface area (Å²) in [6, 6.07) is 15.5. The molecule has 2 aromatic carbocycles. The second-order valence-electron chi connectivity index (χ2n) is 6.72. The van der Waals surface area contributed by atoms with Gasteiger partial charge in [0.25, 0.3) is 5.91 Å². The Kier molecular flexibility index (Phi) is 5.82. The van der Waals surface area contributed by atoms with Gasteiger partial charge in [-0.25, -0.2) is 0 Å². The molecule has 4 aromatic rings. The van der Waals surface area contributed by atoms with Crippen LogP contribution in [0.25, 0.3) is 15.5 Å². The quantitative estimate of drug-likeness (QED) is 0.466. The topological polar surface area (TPSA) is 84.2 Å². The van der Waals surface area contributed by atoms with E-state index in [1.54, 1.807) is 10.6 Å². The molecule has 2 aromatic heterocycles. The summed E-state index contributed by atoms with van der Waals surface area (Å²) in [5, 5.41) is 19.9. The van der Waals surface area contributed by atoms with Crippen molar-refractivity contribution < 1.29 is 4.79 Å². The van der Waals surface area contributed by atoms with Crippen molar-refractivity contribution in [3.8, 4) is 10.6 Å². The van der Waals surface area contributed by atoms with E-state index in [1.165, 1.54) is 11.3 Å². The zero-order valence-corrected chi connectivity index (χ0v) is 18.2. The molecule has 0 saturated carbocycles. The van der Waals surface area contributed by atoms with Crippen LogP contribution in [0.1, 0.15) is 34.2 Å². The number of hydrogen-bond acceptors (Lipinski definition) is 6. The predicted octanol–water partition coefficient (Wildman–Crippen LogP) is 3.53. The summed E-state index contributed by atoms with van der Waals surface area (Å²) >= 11 is 6.77. The number of aryl methyl sites for hydroxylation is 2. The summed E-state index contributed by atoms with van der Waals surface area (Å²) in [7, 11) is 0. The molecular formula is C21H20N6OS2. The van der Waals surface area contributed by atoms with Gasteiger partial charge in [0, 0.05) is 24.1 Å². The normalized spacial score (nSPS) is 10.9. The monoisotopic (exact) mass is 436 g/mol. The highest BCUT2D eigenvalue weighted by molar-refractivity contribution is 7.80. The zero-order valence-electron chi connectivity index (χ0n) is 16.5. The van der Waals surface area contributed by atoms with Crippen molar-refractivity contribution in [2.75, 3.05) is 0 Å². The summed E-state index contributed by atoms with van der Waals surface area (Å²) in [5.41, 5.74) is 3.59. The molecule has 0 radical (unpaired) electrons. The van der Waals surface area contributed by atoms with Gasteiger partial charge in [-0.3, -0.25) is 10.1 Å². The Hall–Kier alpha value is -3.17. The number of benzene rings is 2. The highest BCUT2D eigenvalue weighted by atomic mass is 32.1. The summed E-state index contributed by atoms with van der Waals surface area (Å²) in [5.74, 6) is 0.644. The van der Waals surface area contributed by atoms with Crippen LogP contribution in [0.5, 0.6) is 0 Å².